The number of anilines is 1. The van der Waals surface area contributed by atoms with E-state index in [4.69, 9.17) is 9.15 Å². The monoisotopic (exact) mass is 324 g/mol. The van der Waals surface area contributed by atoms with Gasteiger partial charge < -0.3 is 14.1 Å². The molecular weight excluding hydrogens is 300 g/mol. The lowest BCUT2D eigenvalue weighted by Gasteiger charge is -2.10. The predicted octanol–water partition coefficient (Wildman–Crippen LogP) is 4.88. The number of nitrogens with zero attached hydrogens (tertiary/aromatic N) is 2. The Balaban J connectivity index is 1.78. The Morgan fingerprint density at radius 3 is 2.71 bits per heavy atom. The zero-order valence-corrected chi connectivity index (χ0v) is 14.6. The molecule has 0 aliphatic rings. The number of rotatable bonds is 7. The molecule has 0 saturated carbocycles. The van der Waals surface area contributed by atoms with E-state index >= 15 is 0 Å². The van der Waals surface area contributed by atoms with Crippen LogP contribution in [0.15, 0.2) is 47.0 Å². The summed E-state index contributed by atoms with van der Waals surface area (Å²) in [4.78, 5) is 6.43. The lowest BCUT2D eigenvalue weighted by molar-refractivity contribution is 0.118. The van der Waals surface area contributed by atoms with E-state index in [2.05, 4.69) is 30.1 Å². The molecule has 0 radical (unpaired) electrons. The minimum atomic E-state index is 0.648. The van der Waals surface area contributed by atoms with Gasteiger partial charge in [0.15, 0.2) is 0 Å². The maximum atomic E-state index is 5.96. The maximum Gasteiger partial charge on any atom is 0.136 e. The third kappa shape index (κ3) is 3.77. The second-order valence-corrected chi connectivity index (χ2v) is 6.19. The summed E-state index contributed by atoms with van der Waals surface area (Å²) in [5.74, 6) is 1.77. The van der Waals surface area contributed by atoms with Crippen LogP contribution in [0.1, 0.15) is 25.3 Å². The number of fused-ring (bicyclic) bond motifs is 1. The number of aromatic nitrogens is 1. The first-order chi connectivity index (χ1) is 11.7. The van der Waals surface area contributed by atoms with Gasteiger partial charge in [0.25, 0.3) is 0 Å². The Kier molecular flexibility index (Phi) is 5.16. The molecule has 0 bridgehead atoms. The quantitative estimate of drug-likeness (QED) is 0.581. The van der Waals surface area contributed by atoms with Gasteiger partial charge in [0.1, 0.15) is 17.2 Å². The van der Waals surface area contributed by atoms with Gasteiger partial charge in [-0.1, -0.05) is 19.4 Å². The highest BCUT2D eigenvalue weighted by Gasteiger charge is 2.08. The van der Waals surface area contributed by atoms with Crippen molar-refractivity contribution >= 4 is 16.8 Å². The fourth-order valence-corrected chi connectivity index (χ4v) is 2.56. The Labute approximate surface area is 143 Å². The van der Waals surface area contributed by atoms with Crippen molar-refractivity contribution in [2.45, 2.75) is 26.4 Å². The third-order valence-corrected chi connectivity index (χ3v) is 3.98. The number of hydrogen-bond acceptors (Lipinski definition) is 4. The summed E-state index contributed by atoms with van der Waals surface area (Å²) in [5, 5.41) is 1.10. The molecule has 0 fully saturated rings. The van der Waals surface area contributed by atoms with E-state index in [0.29, 0.717) is 6.61 Å². The summed E-state index contributed by atoms with van der Waals surface area (Å²) in [5.41, 5.74) is 3.04. The highest BCUT2D eigenvalue weighted by Crippen LogP contribution is 2.29. The standard InChI is InChI=1S/C20H24N2O2/c1-4-5-10-23-14-15-6-8-18-17(11-15)12-19(24-18)16-7-9-20(21-13-16)22(2)3/h6-9,11-13H,4-5,10,14H2,1-3H3. The Bertz CT molecular complexity index is 791. The average molecular weight is 324 g/mol. The summed E-state index contributed by atoms with van der Waals surface area (Å²) >= 11 is 0. The number of pyridine rings is 1. The molecule has 126 valence electrons. The topological polar surface area (TPSA) is 38.5 Å². The van der Waals surface area contributed by atoms with Crippen molar-refractivity contribution in [2.24, 2.45) is 0 Å². The fourth-order valence-electron chi connectivity index (χ4n) is 2.56. The van der Waals surface area contributed by atoms with E-state index in [1.165, 1.54) is 5.56 Å². The van der Waals surface area contributed by atoms with E-state index in [-0.39, 0.29) is 0 Å². The van der Waals surface area contributed by atoms with Gasteiger partial charge in [0.2, 0.25) is 0 Å². The Morgan fingerprint density at radius 2 is 2.00 bits per heavy atom. The second kappa shape index (κ2) is 7.49. The summed E-state index contributed by atoms with van der Waals surface area (Å²) in [6, 6.07) is 12.3. The molecular formula is C20H24N2O2. The summed E-state index contributed by atoms with van der Waals surface area (Å²) < 4.78 is 11.6. The van der Waals surface area contributed by atoms with Gasteiger partial charge in [-0.25, -0.2) is 4.98 Å². The van der Waals surface area contributed by atoms with Crippen molar-refractivity contribution in [1.29, 1.82) is 0 Å². The van der Waals surface area contributed by atoms with E-state index in [0.717, 1.165) is 47.6 Å². The molecule has 3 rings (SSSR count). The predicted molar refractivity (Wildman–Crippen MR) is 98.3 cm³/mol. The van der Waals surface area contributed by atoms with Gasteiger partial charge in [-0.05, 0) is 42.3 Å². The molecule has 0 aliphatic carbocycles. The molecule has 3 aromatic rings. The number of hydrogen-bond donors (Lipinski definition) is 0. The minimum absolute atomic E-state index is 0.648. The normalized spacial score (nSPS) is 11.1. The van der Waals surface area contributed by atoms with Crippen LogP contribution in [-0.4, -0.2) is 25.7 Å². The number of unbranched alkanes of at least 4 members (excludes halogenated alkanes) is 1. The van der Waals surface area contributed by atoms with Gasteiger partial charge in [-0.2, -0.15) is 0 Å². The number of benzene rings is 1. The zero-order chi connectivity index (χ0) is 16.9. The van der Waals surface area contributed by atoms with E-state index in [9.17, 15) is 0 Å². The molecule has 2 aromatic heterocycles. The third-order valence-electron chi connectivity index (χ3n) is 3.98. The van der Waals surface area contributed by atoms with Crippen molar-refractivity contribution in [1.82, 2.24) is 4.98 Å². The van der Waals surface area contributed by atoms with Crippen molar-refractivity contribution in [3.63, 3.8) is 0 Å². The molecule has 0 saturated heterocycles. The van der Waals surface area contributed by atoms with E-state index in [1.807, 2.05) is 43.4 Å². The first-order valence-electron chi connectivity index (χ1n) is 8.41. The first-order valence-corrected chi connectivity index (χ1v) is 8.41. The molecule has 2 heterocycles. The zero-order valence-electron chi connectivity index (χ0n) is 14.6. The Hall–Kier alpha value is -2.33. The van der Waals surface area contributed by atoms with Gasteiger partial charge in [-0.15, -0.1) is 0 Å². The number of furan rings is 1. The van der Waals surface area contributed by atoms with Crippen LogP contribution < -0.4 is 4.90 Å². The van der Waals surface area contributed by atoms with Crippen molar-refractivity contribution in [3.8, 4) is 11.3 Å². The Morgan fingerprint density at radius 1 is 1.12 bits per heavy atom. The molecule has 1 aromatic carbocycles. The van der Waals surface area contributed by atoms with Crippen LogP contribution in [0.4, 0.5) is 5.82 Å². The maximum absolute atomic E-state index is 5.96. The SMILES string of the molecule is CCCCOCc1ccc2oc(-c3ccc(N(C)C)nc3)cc2c1. The first kappa shape index (κ1) is 16.5. The van der Waals surface area contributed by atoms with Crippen LogP contribution in [0.25, 0.3) is 22.3 Å². The van der Waals surface area contributed by atoms with Crippen LogP contribution in [-0.2, 0) is 11.3 Å². The van der Waals surface area contributed by atoms with Crippen LogP contribution in [0.3, 0.4) is 0 Å². The molecule has 0 aliphatic heterocycles. The van der Waals surface area contributed by atoms with Crippen LogP contribution in [0.5, 0.6) is 0 Å². The molecule has 0 amide bonds. The van der Waals surface area contributed by atoms with Gasteiger partial charge >= 0.3 is 0 Å². The molecule has 0 N–H and O–H groups in total. The van der Waals surface area contributed by atoms with E-state index < -0.39 is 0 Å². The minimum Gasteiger partial charge on any atom is -0.456 e. The van der Waals surface area contributed by atoms with Gasteiger partial charge in [-0.3, -0.25) is 0 Å². The lowest BCUT2D eigenvalue weighted by Crippen LogP contribution is -2.09. The van der Waals surface area contributed by atoms with Crippen LogP contribution in [0, 0.1) is 0 Å². The summed E-state index contributed by atoms with van der Waals surface area (Å²) in [6.07, 6.45) is 4.11. The van der Waals surface area contributed by atoms with Crippen LogP contribution >= 0.6 is 0 Å². The molecule has 24 heavy (non-hydrogen) atoms. The van der Waals surface area contributed by atoms with Gasteiger partial charge in [0, 0.05) is 37.8 Å². The van der Waals surface area contributed by atoms with Gasteiger partial charge in [0.05, 0.1) is 6.61 Å². The van der Waals surface area contributed by atoms with Crippen molar-refractivity contribution in [2.75, 3.05) is 25.6 Å². The molecule has 0 unspecified atom stereocenters. The smallest absolute Gasteiger partial charge is 0.136 e. The highest BCUT2D eigenvalue weighted by atomic mass is 16.5. The molecule has 0 spiro atoms. The largest absolute Gasteiger partial charge is 0.456 e. The summed E-state index contributed by atoms with van der Waals surface area (Å²) in [7, 11) is 3.96. The molecule has 0 atom stereocenters. The molecule has 4 heteroatoms. The van der Waals surface area contributed by atoms with Crippen molar-refractivity contribution < 1.29 is 9.15 Å². The summed E-state index contributed by atoms with van der Waals surface area (Å²) in [6.45, 7) is 3.63. The highest BCUT2D eigenvalue weighted by molar-refractivity contribution is 5.83. The van der Waals surface area contributed by atoms with Crippen molar-refractivity contribution in [3.05, 3.63) is 48.2 Å². The van der Waals surface area contributed by atoms with Crippen LogP contribution in [0.2, 0.25) is 0 Å². The second-order valence-electron chi connectivity index (χ2n) is 6.19. The molecule has 4 nitrogen and oxygen atoms in total. The average Bonchev–Trinajstić information content (AvgIpc) is 3.02. The lowest BCUT2D eigenvalue weighted by atomic mass is 10.1. The fraction of sp³-hybridized carbons (Fsp3) is 0.350. The number of ether oxygens (including phenoxy) is 1. The van der Waals surface area contributed by atoms with E-state index in [1.54, 1.807) is 0 Å².